The maximum absolute atomic E-state index is 5.70. The van der Waals surface area contributed by atoms with Gasteiger partial charge in [0.1, 0.15) is 11.4 Å². The molecule has 96 valence electrons. The Bertz CT molecular complexity index is 658. The molecule has 0 aliphatic rings. The molecule has 3 N–H and O–H groups in total. The predicted octanol–water partition coefficient (Wildman–Crippen LogP) is 1.83. The van der Waals surface area contributed by atoms with Crippen molar-refractivity contribution in [3.05, 3.63) is 47.9 Å². The molecule has 0 bridgehead atoms. The van der Waals surface area contributed by atoms with Crippen molar-refractivity contribution in [3.63, 3.8) is 0 Å². The van der Waals surface area contributed by atoms with E-state index < -0.39 is 0 Å². The minimum atomic E-state index is 0.398. The number of nitrogens with two attached hydrogens (primary N) is 1. The van der Waals surface area contributed by atoms with Crippen LogP contribution in [0.3, 0.4) is 0 Å². The number of H-pyrrole nitrogens is 1. The summed E-state index contributed by atoms with van der Waals surface area (Å²) >= 11 is 0. The molecule has 1 aromatic carbocycles. The second-order valence-corrected chi connectivity index (χ2v) is 4.20. The zero-order valence-corrected chi connectivity index (χ0v) is 10.2. The van der Waals surface area contributed by atoms with Crippen molar-refractivity contribution < 1.29 is 4.52 Å². The number of aromatic amines is 1. The highest BCUT2D eigenvalue weighted by atomic mass is 16.5. The summed E-state index contributed by atoms with van der Waals surface area (Å²) in [5.74, 6) is 1.49. The van der Waals surface area contributed by atoms with Crippen LogP contribution in [0.15, 0.2) is 41.1 Å². The molecule has 0 saturated carbocycles. The number of anilines is 1. The second kappa shape index (κ2) is 4.93. The zero-order valence-electron chi connectivity index (χ0n) is 10.2. The zero-order chi connectivity index (χ0) is 13.1. The van der Waals surface area contributed by atoms with Gasteiger partial charge in [-0.15, -0.1) is 0 Å². The van der Waals surface area contributed by atoms with Crippen LogP contribution < -0.4 is 5.73 Å². The van der Waals surface area contributed by atoms with Crippen LogP contribution in [0.2, 0.25) is 0 Å². The predicted molar refractivity (Wildman–Crippen MR) is 70.1 cm³/mol. The van der Waals surface area contributed by atoms with Gasteiger partial charge in [0, 0.05) is 6.42 Å². The van der Waals surface area contributed by atoms with Gasteiger partial charge in [0.25, 0.3) is 5.89 Å². The average Bonchev–Trinajstić information content (AvgIpc) is 3.06. The molecule has 0 fully saturated rings. The van der Waals surface area contributed by atoms with Crippen LogP contribution in [0.5, 0.6) is 0 Å². The highest BCUT2D eigenvalue weighted by Crippen LogP contribution is 2.21. The first-order chi connectivity index (χ1) is 9.33. The fraction of sp³-hybridized carbons (Fsp3) is 0.154. The Morgan fingerprint density at radius 1 is 1.16 bits per heavy atom. The number of rotatable bonds is 4. The molecule has 0 unspecified atom stereocenters. The molecule has 3 rings (SSSR count). The number of benzene rings is 1. The van der Waals surface area contributed by atoms with Gasteiger partial charge in [0.2, 0.25) is 0 Å². The lowest BCUT2D eigenvalue weighted by Gasteiger charge is -1.96. The van der Waals surface area contributed by atoms with E-state index in [1.54, 1.807) is 6.20 Å². The number of aromatic nitrogens is 4. The number of hydrogen-bond acceptors (Lipinski definition) is 5. The van der Waals surface area contributed by atoms with Crippen LogP contribution in [0.4, 0.5) is 5.82 Å². The quantitative estimate of drug-likeness (QED) is 0.741. The Morgan fingerprint density at radius 2 is 2.00 bits per heavy atom. The van der Waals surface area contributed by atoms with Crippen LogP contribution in [-0.2, 0) is 12.8 Å². The molecule has 0 spiro atoms. The van der Waals surface area contributed by atoms with Crippen LogP contribution >= 0.6 is 0 Å². The summed E-state index contributed by atoms with van der Waals surface area (Å²) in [5.41, 5.74) is 7.59. The number of hydrogen-bond donors (Lipinski definition) is 2. The first-order valence-corrected chi connectivity index (χ1v) is 5.98. The van der Waals surface area contributed by atoms with Gasteiger partial charge < -0.3 is 10.3 Å². The van der Waals surface area contributed by atoms with E-state index >= 15 is 0 Å². The Balaban J connectivity index is 1.71. The highest BCUT2D eigenvalue weighted by Gasteiger charge is 2.13. The standard InChI is InChI=1S/C13H13N5O/c14-12-10(8-15-17-12)13-16-11(18-19-13)7-6-9-4-2-1-3-5-9/h1-5,8H,6-7H2,(H3,14,15,17). The molecule has 2 aromatic heterocycles. The summed E-state index contributed by atoms with van der Waals surface area (Å²) in [6.45, 7) is 0. The molecule has 6 nitrogen and oxygen atoms in total. The van der Waals surface area contributed by atoms with Crippen LogP contribution in [0.25, 0.3) is 11.5 Å². The van der Waals surface area contributed by atoms with E-state index in [0.717, 1.165) is 12.8 Å². The summed E-state index contributed by atoms with van der Waals surface area (Å²) in [4.78, 5) is 4.31. The summed E-state index contributed by atoms with van der Waals surface area (Å²) in [6, 6.07) is 10.2. The molecule has 0 saturated heterocycles. The summed E-state index contributed by atoms with van der Waals surface area (Å²) < 4.78 is 5.18. The van der Waals surface area contributed by atoms with Crippen LogP contribution in [-0.4, -0.2) is 20.3 Å². The Kier molecular flexibility index (Phi) is 2.97. The molecule has 6 heteroatoms. The van der Waals surface area contributed by atoms with E-state index in [2.05, 4.69) is 32.5 Å². The molecule has 2 heterocycles. The fourth-order valence-corrected chi connectivity index (χ4v) is 1.83. The van der Waals surface area contributed by atoms with Crippen molar-refractivity contribution in [2.45, 2.75) is 12.8 Å². The third kappa shape index (κ3) is 2.47. The number of nitrogens with one attached hydrogen (secondary N) is 1. The maximum atomic E-state index is 5.70. The first-order valence-electron chi connectivity index (χ1n) is 5.98. The molecule has 0 atom stereocenters. The minimum Gasteiger partial charge on any atom is -0.383 e. The molecule has 0 radical (unpaired) electrons. The van der Waals surface area contributed by atoms with Gasteiger partial charge in [-0.05, 0) is 12.0 Å². The highest BCUT2D eigenvalue weighted by molar-refractivity contribution is 5.65. The van der Waals surface area contributed by atoms with E-state index in [0.29, 0.717) is 23.1 Å². The number of nitrogen functional groups attached to an aromatic ring is 1. The van der Waals surface area contributed by atoms with Crippen molar-refractivity contribution in [2.75, 3.05) is 5.73 Å². The molecule has 0 aliphatic carbocycles. The lowest BCUT2D eigenvalue weighted by Crippen LogP contribution is -1.93. The van der Waals surface area contributed by atoms with Crippen molar-refractivity contribution in [1.29, 1.82) is 0 Å². The molecule has 0 aliphatic heterocycles. The molecule has 3 aromatic rings. The molecular weight excluding hydrogens is 242 g/mol. The minimum absolute atomic E-state index is 0.398. The van der Waals surface area contributed by atoms with E-state index in [9.17, 15) is 0 Å². The van der Waals surface area contributed by atoms with Gasteiger partial charge >= 0.3 is 0 Å². The lowest BCUT2D eigenvalue weighted by atomic mass is 10.1. The van der Waals surface area contributed by atoms with Crippen molar-refractivity contribution in [3.8, 4) is 11.5 Å². The van der Waals surface area contributed by atoms with Gasteiger partial charge in [-0.25, -0.2) is 0 Å². The van der Waals surface area contributed by atoms with E-state index in [1.165, 1.54) is 5.56 Å². The number of nitrogens with zero attached hydrogens (tertiary/aromatic N) is 3. The summed E-state index contributed by atoms with van der Waals surface area (Å²) in [7, 11) is 0. The van der Waals surface area contributed by atoms with Gasteiger partial charge in [-0.3, -0.25) is 5.10 Å². The van der Waals surface area contributed by atoms with Gasteiger partial charge in [0.05, 0.1) is 6.20 Å². The van der Waals surface area contributed by atoms with E-state index in [4.69, 9.17) is 10.3 Å². The average molecular weight is 255 g/mol. The van der Waals surface area contributed by atoms with E-state index in [-0.39, 0.29) is 0 Å². The molecular formula is C13H13N5O. The lowest BCUT2D eigenvalue weighted by molar-refractivity contribution is 0.422. The fourth-order valence-electron chi connectivity index (χ4n) is 1.83. The van der Waals surface area contributed by atoms with Gasteiger partial charge in [0.15, 0.2) is 5.82 Å². The largest absolute Gasteiger partial charge is 0.383 e. The summed E-state index contributed by atoms with van der Waals surface area (Å²) in [5, 5.41) is 10.4. The van der Waals surface area contributed by atoms with Crippen molar-refractivity contribution in [2.24, 2.45) is 0 Å². The monoisotopic (exact) mass is 255 g/mol. The third-order valence-corrected chi connectivity index (χ3v) is 2.85. The second-order valence-electron chi connectivity index (χ2n) is 4.20. The van der Waals surface area contributed by atoms with Crippen LogP contribution in [0, 0.1) is 0 Å². The van der Waals surface area contributed by atoms with E-state index in [1.807, 2.05) is 18.2 Å². The van der Waals surface area contributed by atoms with Crippen molar-refractivity contribution >= 4 is 5.82 Å². The smallest absolute Gasteiger partial charge is 0.263 e. The van der Waals surface area contributed by atoms with Crippen LogP contribution in [0.1, 0.15) is 11.4 Å². The topological polar surface area (TPSA) is 93.6 Å². The van der Waals surface area contributed by atoms with Crippen molar-refractivity contribution in [1.82, 2.24) is 20.3 Å². The molecule has 0 amide bonds. The van der Waals surface area contributed by atoms with Gasteiger partial charge in [-0.1, -0.05) is 35.5 Å². The van der Waals surface area contributed by atoms with Gasteiger partial charge in [-0.2, -0.15) is 10.1 Å². The molecule has 19 heavy (non-hydrogen) atoms. The third-order valence-electron chi connectivity index (χ3n) is 2.85. The summed E-state index contributed by atoms with van der Waals surface area (Å²) in [6.07, 6.45) is 3.18. The Hall–Kier alpha value is -2.63. The Morgan fingerprint density at radius 3 is 2.74 bits per heavy atom. The SMILES string of the molecule is Nc1[nH]ncc1-c1nc(CCc2ccccc2)no1. The first kappa shape index (κ1) is 11.5. The Labute approximate surface area is 109 Å². The number of aryl methyl sites for hydroxylation is 2. The normalized spacial score (nSPS) is 10.7. The maximum Gasteiger partial charge on any atom is 0.263 e.